The number of ether oxygens (including phenoxy) is 4. The number of aliphatic hydroxyl groups excluding tert-OH is 4. The summed E-state index contributed by atoms with van der Waals surface area (Å²) < 4.78 is 27.0. The van der Waals surface area contributed by atoms with E-state index in [1.165, 1.54) is 18.2 Å². The number of aliphatic hydroxyl groups is 4. The number of hydrogen-bond donors (Lipinski definition) is 4. The first kappa shape index (κ1) is 20.3. The van der Waals surface area contributed by atoms with Crippen molar-refractivity contribution in [3.63, 3.8) is 0 Å². The van der Waals surface area contributed by atoms with Gasteiger partial charge in [-0.2, -0.15) is 0 Å². The van der Waals surface area contributed by atoms with Crippen LogP contribution in [0.4, 0.5) is 0 Å². The van der Waals surface area contributed by atoms with Crippen molar-refractivity contribution in [2.75, 3.05) is 13.4 Å². The maximum absolute atomic E-state index is 12.5. The van der Waals surface area contributed by atoms with E-state index in [0.29, 0.717) is 22.3 Å². The van der Waals surface area contributed by atoms with Crippen LogP contribution in [-0.4, -0.2) is 64.5 Å². The first-order chi connectivity index (χ1) is 14.9. The van der Waals surface area contributed by atoms with Gasteiger partial charge < -0.3 is 43.8 Å². The summed E-state index contributed by atoms with van der Waals surface area (Å²) in [4.78, 5) is 12.5. The van der Waals surface area contributed by atoms with Gasteiger partial charge in [0, 0.05) is 16.8 Å². The predicted molar refractivity (Wildman–Crippen MR) is 106 cm³/mol. The molecule has 0 amide bonds. The molecule has 0 radical (unpaired) electrons. The van der Waals surface area contributed by atoms with E-state index in [-0.39, 0.29) is 28.5 Å². The maximum atomic E-state index is 12.5. The molecule has 164 valence electrons. The van der Waals surface area contributed by atoms with Crippen LogP contribution in [0.25, 0.3) is 21.7 Å². The van der Waals surface area contributed by atoms with E-state index in [1.54, 1.807) is 6.07 Å². The summed E-state index contributed by atoms with van der Waals surface area (Å²) in [6, 6.07) is 5.97. The molecule has 0 unspecified atom stereocenters. The molecule has 0 spiro atoms. The van der Waals surface area contributed by atoms with E-state index in [2.05, 4.69) is 0 Å². The summed E-state index contributed by atoms with van der Waals surface area (Å²) in [7, 11) is 0. The van der Waals surface area contributed by atoms with E-state index in [9.17, 15) is 25.2 Å². The second-order valence-corrected chi connectivity index (χ2v) is 7.64. The summed E-state index contributed by atoms with van der Waals surface area (Å²) >= 11 is 6.46. The van der Waals surface area contributed by atoms with Gasteiger partial charge in [-0.3, -0.25) is 0 Å². The zero-order chi connectivity index (χ0) is 21.9. The molecule has 0 bridgehead atoms. The molecule has 3 heterocycles. The highest BCUT2D eigenvalue weighted by molar-refractivity contribution is 6.37. The van der Waals surface area contributed by atoms with Gasteiger partial charge in [-0.1, -0.05) is 11.6 Å². The van der Waals surface area contributed by atoms with Crippen molar-refractivity contribution < 1.29 is 43.8 Å². The molecular weight excluding hydrogens is 436 g/mol. The van der Waals surface area contributed by atoms with Crippen LogP contribution in [0.5, 0.6) is 17.2 Å². The number of benzene rings is 2. The zero-order valence-corrected chi connectivity index (χ0v) is 16.5. The van der Waals surface area contributed by atoms with Crippen LogP contribution in [-0.2, 0) is 4.74 Å². The van der Waals surface area contributed by atoms with Gasteiger partial charge in [0.2, 0.25) is 13.1 Å². The van der Waals surface area contributed by atoms with Crippen molar-refractivity contribution in [2.24, 2.45) is 0 Å². The molecule has 3 aromatic rings. The van der Waals surface area contributed by atoms with Gasteiger partial charge in [-0.05, 0) is 18.2 Å². The Hall–Kier alpha value is -2.60. The molecule has 5 atom stereocenters. The van der Waals surface area contributed by atoms with Crippen molar-refractivity contribution in [2.45, 2.75) is 30.7 Å². The fourth-order valence-electron chi connectivity index (χ4n) is 3.74. The summed E-state index contributed by atoms with van der Waals surface area (Å²) in [5, 5.41) is 40.7. The number of fused-ring (bicyclic) bond motifs is 4. The molecule has 1 aromatic heterocycles. The lowest BCUT2D eigenvalue weighted by molar-refractivity contribution is -0.277. The number of rotatable bonds is 3. The minimum Gasteiger partial charge on any atom is -0.462 e. The Labute approximate surface area is 178 Å². The third kappa shape index (κ3) is 3.28. The molecule has 11 heteroatoms. The van der Waals surface area contributed by atoms with Crippen LogP contribution in [0.15, 0.2) is 33.5 Å². The smallest absolute Gasteiger partial charge is 0.344 e. The van der Waals surface area contributed by atoms with Gasteiger partial charge in [-0.15, -0.1) is 0 Å². The van der Waals surface area contributed by atoms with Crippen LogP contribution in [0.3, 0.4) is 0 Å². The molecule has 2 aliphatic heterocycles. The van der Waals surface area contributed by atoms with E-state index in [1.807, 2.05) is 0 Å². The fourth-order valence-corrected chi connectivity index (χ4v) is 4.04. The zero-order valence-electron chi connectivity index (χ0n) is 15.7. The highest BCUT2D eigenvalue weighted by Crippen LogP contribution is 2.40. The molecule has 2 aromatic carbocycles. The largest absolute Gasteiger partial charge is 0.462 e. The minimum atomic E-state index is -1.60. The first-order valence-corrected chi connectivity index (χ1v) is 9.72. The average molecular weight is 453 g/mol. The predicted octanol–water partition coefficient (Wildman–Crippen LogP) is 0.507. The van der Waals surface area contributed by atoms with Crippen molar-refractivity contribution >= 4 is 33.3 Å². The van der Waals surface area contributed by atoms with Crippen molar-refractivity contribution in [1.29, 1.82) is 0 Å². The van der Waals surface area contributed by atoms with Gasteiger partial charge in [0.25, 0.3) is 0 Å². The highest BCUT2D eigenvalue weighted by Gasteiger charge is 2.44. The molecule has 2 aliphatic rings. The standard InChI is InChI=1S/C20H17ClO10/c21-10-1-7(29-20-18(25)17(24)16(23)14(5-22)31-20)2-13-15(10)8-3-11-12(28-6-27-11)4-9(8)19(26)30-13/h1-4,14,16-18,20,22-25H,5-6H2/t14-,16-,17+,18-,20-/m1/s1. The molecule has 10 nitrogen and oxygen atoms in total. The van der Waals surface area contributed by atoms with Gasteiger partial charge >= 0.3 is 5.63 Å². The Morgan fingerprint density at radius 1 is 1.00 bits per heavy atom. The van der Waals surface area contributed by atoms with Crippen LogP contribution in [0, 0.1) is 0 Å². The Bertz CT molecular complexity index is 1220. The van der Waals surface area contributed by atoms with Gasteiger partial charge in [0.1, 0.15) is 35.7 Å². The lowest BCUT2D eigenvalue weighted by Gasteiger charge is -2.39. The molecule has 1 saturated heterocycles. The van der Waals surface area contributed by atoms with Crippen molar-refractivity contribution in [3.05, 3.63) is 39.7 Å². The SMILES string of the molecule is O=c1oc2cc(O[C@@H]3O[C@H](CO)[C@@H](O)[C@H](O)[C@H]3O)cc(Cl)c2c2cc3c(cc12)OCO3. The van der Waals surface area contributed by atoms with Gasteiger partial charge in [-0.25, -0.2) is 4.79 Å². The number of halogens is 1. The van der Waals surface area contributed by atoms with Crippen molar-refractivity contribution in [3.8, 4) is 17.2 Å². The Morgan fingerprint density at radius 3 is 2.42 bits per heavy atom. The Kier molecular flexibility index (Phi) is 4.93. The molecule has 31 heavy (non-hydrogen) atoms. The second kappa shape index (κ2) is 7.52. The van der Waals surface area contributed by atoms with Gasteiger partial charge in [0.05, 0.1) is 17.0 Å². The molecule has 1 fully saturated rings. The fraction of sp³-hybridized carbons (Fsp3) is 0.350. The lowest BCUT2D eigenvalue weighted by Crippen LogP contribution is -2.60. The van der Waals surface area contributed by atoms with E-state index in [0.717, 1.165) is 0 Å². The summed E-state index contributed by atoms with van der Waals surface area (Å²) in [6.45, 7) is -0.556. The number of hydrogen-bond acceptors (Lipinski definition) is 10. The summed E-state index contributed by atoms with van der Waals surface area (Å²) in [5.41, 5.74) is -0.509. The monoisotopic (exact) mass is 452 g/mol. The normalized spacial score (nSPS) is 27.7. The highest BCUT2D eigenvalue weighted by atomic mass is 35.5. The molecule has 5 rings (SSSR count). The third-order valence-corrected chi connectivity index (χ3v) is 5.63. The second-order valence-electron chi connectivity index (χ2n) is 7.23. The topological polar surface area (TPSA) is 148 Å². The maximum Gasteiger partial charge on any atom is 0.344 e. The molecular formula is C20H17ClO10. The van der Waals surface area contributed by atoms with E-state index >= 15 is 0 Å². The summed E-state index contributed by atoms with van der Waals surface area (Å²) in [5.74, 6) is 0.972. The first-order valence-electron chi connectivity index (χ1n) is 9.34. The van der Waals surface area contributed by atoms with Gasteiger partial charge in [0.15, 0.2) is 11.5 Å². The lowest BCUT2D eigenvalue weighted by atomic mass is 9.99. The van der Waals surface area contributed by atoms with E-state index in [4.69, 9.17) is 35.0 Å². The molecule has 4 N–H and O–H groups in total. The average Bonchev–Trinajstić information content (AvgIpc) is 3.20. The van der Waals surface area contributed by atoms with Crippen LogP contribution in [0.2, 0.25) is 5.02 Å². The molecule has 0 saturated carbocycles. The van der Waals surface area contributed by atoms with Crippen LogP contribution < -0.4 is 19.8 Å². The molecule has 0 aliphatic carbocycles. The Morgan fingerprint density at radius 2 is 1.71 bits per heavy atom. The van der Waals surface area contributed by atoms with Crippen LogP contribution >= 0.6 is 11.6 Å². The van der Waals surface area contributed by atoms with E-state index < -0.39 is 42.9 Å². The Balaban J connectivity index is 1.56. The minimum absolute atomic E-state index is 0.0414. The summed E-state index contributed by atoms with van der Waals surface area (Å²) in [6.07, 6.45) is -7.26. The van der Waals surface area contributed by atoms with Crippen molar-refractivity contribution in [1.82, 2.24) is 0 Å². The van der Waals surface area contributed by atoms with Crippen LogP contribution in [0.1, 0.15) is 0 Å². The third-order valence-electron chi connectivity index (χ3n) is 5.33. The quantitative estimate of drug-likeness (QED) is 0.327.